The van der Waals surface area contributed by atoms with Crippen molar-refractivity contribution in [3.8, 4) is 0 Å². The fourth-order valence-electron chi connectivity index (χ4n) is 2.31. The second-order valence-corrected chi connectivity index (χ2v) is 4.37. The van der Waals surface area contributed by atoms with Gasteiger partial charge in [0, 0.05) is 19.4 Å². The number of hydrogen-bond donors (Lipinski definition) is 2. The Labute approximate surface area is 96.9 Å². The van der Waals surface area contributed by atoms with Crippen LogP contribution in [-0.2, 0) is 9.47 Å². The molecule has 1 aliphatic rings. The maximum Gasteiger partial charge on any atom is 0.0884 e. The van der Waals surface area contributed by atoms with Crippen molar-refractivity contribution in [2.75, 3.05) is 13.7 Å². The van der Waals surface area contributed by atoms with Gasteiger partial charge in [0.05, 0.1) is 31.0 Å². The van der Waals surface area contributed by atoms with Gasteiger partial charge in [-0.25, -0.2) is 0 Å². The Bertz CT molecular complexity index is 219. The number of aliphatic hydroxyl groups is 2. The highest BCUT2D eigenvalue weighted by molar-refractivity contribution is 4.92. The molecule has 1 rings (SSSR count). The summed E-state index contributed by atoms with van der Waals surface area (Å²) in [7, 11) is 1.65. The molecule has 5 atom stereocenters. The predicted octanol–water partition coefficient (Wildman–Crippen LogP) is 0.724. The minimum Gasteiger partial charge on any atom is -0.394 e. The van der Waals surface area contributed by atoms with Crippen LogP contribution in [0, 0.1) is 5.92 Å². The van der Waals surface area contributed by atoms with Crippen LogP contribution in [0.3, 0.4) is 0 Å². The third kappa shape index (κ3) is 3.04. The van der Waals surface area contributed by atoms with Gasteiger partial charge in [0.25, 0.3) is 0 Å². The lowest BCUT2D eigenvalue weighted by molar-refractivity contribution is -0.0394. The van der Waals surface area contributed by atoms with E-state index in [-0.39, 0.29) is 30.8 Å². The normalized spacial score (nSPS) is 36.2. The zero-order chi connectivity index (χ0) is 12.1. The molecule has 0 amide bonds. The molecule has 4 nitrogen and oxygen atoms in total. The number of hydrogen-bond acceptors (Lipinski definition) is 4. The van der Waals surface area contributed by atoms with E-state index in [1.165, 1.54) is 0 Å². The van der Waals surface area contributed by atoms with Crippen LogP contribution < -0.4 is 0 Å². The van der Waals surface area contributed by atoms with Gasteiger partial charge < -0.3 is 19.7 Å². The van der Waals surface area contributed by atoms with Crippen molar-refractivity contribution >= 4 is 0 Å². The minimum absolute atomic E-state index is 0.0221. The van der Waals surface area contributed by atoms with Crippen molar-refractivity contribution in [3.05, 3.63) is 12.7 Å². The van der Waals surface area contributed by atoms with Crippen LogP contribution in [0.25, 0.3) is 0 Å². The molecule has 4 heteroatoms. The van der Waals surface area contributed by atoms with Crippen LogP contribution in [0.4, 0.5) is 0 Å². The first kappa shape index (κ1) is 13.6. The maximum atomic E-state index is 9.43. The van der Waals surface area contributed by atoms with Crippen LogP contribution in [0.2, 0.25) is 0 Å². The van der Waals surface area contributed by atoms with E-state index in [0.717, 1.165) is 6.42 Å². The highest BCUT2D eigenvalue weighted by Gasteiger charge is 2.41. The van der Waals surface area contributed by atoms with Crippen molar-refractivity contribution in [2.45, 2.75) is 44.2 Å². The zero-order valence-electron chi connectivity index (χ0n) is 10.0. The Morgan fingerprint density at radius 3 is 2.69 bits per heavy atom. The molecule has 1 fully saturated rings. The molecule has 1 heterocycles. The fourth-order valence-corrected chi connectivity index (χ4v) is 2.31. The van der Waals surface area contributed by atoms with Gasteiger partial charge >= 0.3 is 0 Å². The molecule has 0 radical (unpaired) electrons. The molecular formula is C12H22O4. The molecule has 0 spiro atoms. The SMILES string of the molecule is C=CC[C@@H]1O[C@H](C[C@H](O)CO)[C@H](OC)C1C. The summed E-state index contributed by atoms with van der Waals surface area (Å²) in [6.07, 6.45) is 2.22. The van der Waals surface area contributed by atoms with Crippen LogP contribution in [-0.4, -0.2) is 48.3 Å². The van der Waals surface area contributed by atoms with Gasteiger partial charge in [-0.1, -0.05) is 13.0 Å². The average Bonchev–Trinajstić information content (AvgIpc) is 2.55. The van der Waals surface area contributed by atoms with Gasteiger partial charge in [0.15, 0.2) is 0 Å². The van der Waals surface area contributed by atoms with Crippen LogP contribution in [0.1, 0.15) is 19.8 Å². The number of methoxy groups -OCH3 is 1. The van der Waals surface area contributed by atoms with Crippen molar-refractivity contribution in [2.24, 2.45) is 5.92 Å². The minimum atomic E-state index is -0.739. The van der Waals surface area contributed by atoms with Crippen LogP contribution in [0.15, 0.2) is 12.7 Å². The van der Waals surface area contributed by atoms with Gasteiger partial charge in [-0.05, 0) is 6.42 Å². The molecule has 1 saturated heterocycles. The zero-order valence-corrected chi connectivity index (χ0v) is 10.0. The molecule has 0 aromatic carbocycles. The van der Waals surface area contributed by atoms with Crippen LogP contribution in [0.5, 0.6) is 0 Å². The topological polar surface area (TPSA) is 58.9 Å². The summed E-state index contributed by atoms with van der Waals surface area (Å²) in [5.41, 5.74) is 0. The van der Waals surface area contributed by atoms with E-state index in [1.54, 1.807) is 7.11 Å². The molecule has 94 valence electrons. The van der Waals surface area contributed by atoms with Crippen molar-refractivity contribution in [3.63, 3.8) is 0 Å². The molecule has 2 N–H and O–H groups in total. The summed E-state index contributed by atoms with van der Waals surface area (Å²) in [5, 5.41) is 18.3. The van der Waals surface area contributed by atoms with Crippen molar-refractivity contribution < 1.29 is 19.7 Å². The highest BCUT2D eigenvalue weighted by Crippen LogP contribution is 2.33. The Morgan fingerprint density at radius 1 is 1.50 bits per heavy atom. The lowest BCUT2D eigenvalue weighted by atomic mass is 9.94. The summed E-state index contributed by atoms with van der Waals surface area (Å²) in [4.78, 5) is 0. The summed E-state index contributed by atoms with van der Waals surface area (Å²) in [6, 6.07) is 0. The summed E-state index contributed by atoms with van der Waals surface area (Å²) >= 11 is 0. The monoisotopic (exact) mass is 230 g/mol. The molecule has 16 heavy (non-hydrogen) atoms. The van der Waals surface area contributed by atoms with Crippen molar-refractivity contribution in [1.82, 2.24) is 0 Å². The van der Waals surface area contributed by atoms with Gasteiger partial charge in [-0.3, -0.25) is 0 Å². The molecule has 1 aliphatic heterocycles. The van der Waals surface area contributed by atoms with E-state index in [4.69, 9.17) is 14.6 Å². The second-order valence-electron chi connectivity index (χ2n) is 4.37. The van der Waals surface area contributed by atoms with E-state index in [9.17, 15) is 5.11 Å². The van der Waals surface area contributed by atoms with E-state index in [2.05, 4.69) is 13.5 Å². The largest absolute Gasteiger partial charge is 0.394 e. The third-order valence-corrected chi connectivity index (χ3v) is 3.21. The first-order valence-electron chi connectivity index (χ1n) is 5.72. The van der Waals surface area contributed by atoms with Gasteiger partial charge in [0.1, 0.15) is 0 Å². The molecule has 0 aromatic rings. The average molecular weight is 230 g/mol. The molecule has 0 bridgehead atoms. The van der Waals surface area contributed by atoms with E-state index in [0.29, 0.717) is 6.42 Å². The number of rotatable bonds is 6. The smallest absolute Gasteiger partial charge is 0.0884 e. The van der Waals surface area contributed by atoms with E-state index >= 15 is 0 Å². The highest BCUT2D eigenvalue weighted by atomic mass is 16.6. The first-order chi connectivity index (χ1) is 7.63. The molecule has 0 aliphatic carbocycles. The predicted molar refractivity (Wildman–Crippen MR) is 61.1 cm³/mol. The number of ether oxygens (including phenoxy) is 2. The molecule has 0 aromatic heterocycles. The maximum absolute atomic E-state index is 9.43. The quantitative estimate of drug-likeness (QED) is 0.660. The van der Waals surface area contributed by atoms with E-state index in [1.807, 2.05) is 6.08 Å². The Balaban J connectivity index is 2.59. The van der Waals surface area contributed by atoms with Gasteiger partial charge in [-0.15, -0.1) is 6.58 Å². The first-order valence-corrected chi connectivity index (χ1v) is 5.72. The summed E-state index contributed by atoms with van der Waals surface area (Å²) < 4.78 is 11.2. The van der Waals surface area contributed by atoms with Gasteiger partial charge in [-0.2, -0.15) is 0 Å². The summed E-state index contributed by atoms with van der Waals surface area (Å²) in [5.74, 6) is 0.277. The Hall–Kier alpha value is -0.420. The summed E-state index contributed by atoms with van der Waals surface area (Å²) in [6.45, 7) is 5.54. The lowest BCUT2D eigenvalue weighted by Crippen LogP contribution is -2.32. The third-order valence-electron chi connectivity index (χ3n) is 3.21. The van der Waals surface area contributed by atoms with Crippen LogP contribution >= 0.6 is 0 Å². The second kappa shape index (κ2) is 6.35. The number of aliphatic hydroxyl groups excluding tert-OH is 2. The standard InChI is InChI=1S/C12H22O4/c1-4-5-10-8(2)12(15-3)11(16-10)6-9(14)7-13/h4,8-14H,1,5-7H2,2-3H3/t8?,9-,10-,11+,12+/m0/s1. The molecule has 0 saturated carbocycles. The fraction of sp³-hybridized carbons (Fsp3) is 0.833. The van der Waals surface area contributed by atoms with E-state index < -0.39 is 6.10 Å². The van der Waals surface area contributed by atoms with Crippen molar-refractivity contribution in [1.29, 1.82) is 0 Å². The molecular weight excluding hydrogens is 208 g/mol. The van der Waals surface area contributed by atoms with Gasteiger partial charge in [0.2, 0.25) is 0 Å². The Morgan fingerprint density at radius 2 is 2.19 bits per heavy atom. The molecule has 1 unspecified atom stereocenters. The Kier molecular flexibility index (Phi) is 5.41. The lowest BCUT2D eigenvalue weighted by Gasteiger charge is -2.20.